The Bertz CT molecular complexity index is 1320. The van der Waals surface area contributed by atoms with Gasteiger partial charge in [-0.1, -0.05) is 52.5 Å². The van der Waals surface area contributed by atoms with Crippen LogP contribution in [0.5, 0.6) is 0 Å². The van der Waals surface area contributed by atoms with E-state index >= 15 is 0 Å². The standard InChI is InChI=1S/C21H14Cl3N5OS/c1-11-2-5-13(6-3-11)29-27-18-9-16(24)17(10-19(18)28-29)25-21(31)26-20(30)14-8-12(22)4-7-15(14)23/h2-10H,1H3,(H2,25,26,30,31). The molecule has 0 aliphatic heterocycles. The molecule has 31 heavy (non-hydrogen) atoms. The second-order valence-electron chi connectivity index (χ2n) is 6.68. The largest absolute Gasteiger partial charge is 0.331 e. The predicted molar refractivity (Wildman–Crippen MR) is 129 cm³/mol. The maximum Gasteiger partial charge on any atom is 0.258 e. The lowest BCUT2D eigenvalue weighted by Gasteiger charge is -2.11. The first-order valence-corrected chi connectivity index (χ1v) is 10.6. The number of nitrogens with zero attached hydrogens (tertiary/aromatic N) is 3. The molecule has 2 N–H and O–H groups in total. The van der Waals surface area contributed by atoms with Crippen LogP contribution in [0.4, 0.5) is 5.69 Å². The van der Waals surface area contributed by atoms with Crippen LogP contribution >= 0.6 is 47.0 Å². The number of hydrogen-bond acceptors (Lipinski definition) is 4. The van der Waals surface area contributed by atoms with Gasteiger partial charge in [0, 0.05) is 5.02 Å². The molecule has 10 heteroatoms. The van der Waals surface area contributed by atoms with Crippen LogP contribution in [0.15, 0.2) is 54.6 Å². The fraction of sp³-hybridized carbons (Fsp3) is 0.0476. The molecule has 0 unspecified atom stereocenters. The van der Waals surface area contributed by atoms with Crippen LogP contribution in [-0.2, 0) is 0 Å². The van der Waals surface area contributed by atoms with Crippen molar-refractivity contribution in [2.75, 3.05) is 5.32 Å². The lowest BCUT2D eigenvalue weighted by molar-refractivity contribution is 0.0978. The average Bonchev–Trinajstić information content (AvgIpc) is 3.13. The number of halogens is 3. The van der Waals surface area contributed by atoms with Gasteiger partial charge in [0.2, 0.25) is 0 Å². The first-order chi connectivity index (χ1) is 14.8. The number of rotatable bonds is 3. The second-order valence-corrected chi connectivity index (χ2v) is 8.34. The summed E-state index contributed by atoms with van der Waals surface area (Å²) >= 11 is 23.6. The SMILES string of the molecule is Cc1ccc(-n2nc3cc(Cl)c(NC(=S)NC(=O)c4cc(Cl)ccc4Cl)cc3n2)cc1. The summed E-state index contributed by atoms with van der Waals surface area (Å²) < 4.78 is 0. The minimum absolute atomic E-state index is 0.0493. The smallest absolute Gasteiger partial charge is 0.258 e. The molecule has 0 saturated heterocycles. The van der Waals surface area contributed by atoms with E-state index in [0.29, 0.717) is 26.8 Å². The molecular weight excluding hydrogens is 477 g/mol. The number of thiocarbonyl (C=S) groups is 1. The second kappa shape index (κ2) is 8.80. The number of carbonyl (C=O) groups is 1. The van der Waals surface area contributed by atoms with Crippen LogP contribution in [0.25, 0.3) is 16.7 Å². The van der Waals surface area contributed by atoms with Gasteiger partial charge in [0.05, 0.1) is 27.0 Å². The quantitative estimate of drug-likeness (QED) is 0.354. The zero-order valence-electron chi connectivity index (χ0n) is 16.0. The van der Waals surface area contributed by atoms with Gasteiger partial charge < -0.3 is 5.32 Å². The van der Waals surface area contributed by atoms with Crippen LogP contribution in [0, 0.1) is 6.92 Å². The van der Waals surface area contributed by atoms with Crippen molar-refractivity contribution >= 4 is 74.8 Å². The van der Waals surface area contributed by atoms with Gasteiger partial charge in [-0.2, -0.15) is 4.80 Å². The van der Waals surface area contributed by atoms with Gasteiger partial charge >= 0.3 is 0 Å². The molecule has 1 amide bonds. The van der Waals surface area contributed by atoms with Gasteiger partial charge in [-0.25, -0.2) is 0 Å². The third-order valence-corrected chi connectivity index (χ3v) is 5.46. The number of hydrogen-bond donors (Lipinski definition) is 2. The van der Waals surface area contributed by atoms with Crippen LogP contribution in [-0.4, -0.2) is 26.0 Å². The molecule has 0 spiro atoms. The van der Waals surface area contributed by atoms with Gasteiger partial charge in [0.25, 0.3) is 5.91 Å². The van der Waals surface area contributed by atoms with Crippen molar-refractivity contribution in [3.05, 3.63) is 80.8 Å². The molecule has 6 nitrogen and oxygen atoms in total. The Morgan fingerprint density at radius 1 is 0.935 bits per heavy atom. The number of fused-ring (bicyclic) bond motifs is 1. The van der Waals surface area contributed by atoms with Crippen LogP contribution < -0.4 is 10.6 Å². The van der Waals surface area contributed by atoms with E-state index < -0.39 is 5.91 Å². The van der Waals surface area contributed by atoms with Gasteiger partial charge in [-0.15, -0.1) is 10.2 Å². The summed E-state index contributed by atoms with van der Waals surface area (Å²) in [5.41, 5.74) is 3.89. The Hall–Kier alpha value is -2.71. The molecule has 0 bridgehead atoms. The molecule has 0 aliphatic carbocycles. The minimum atomic E-state index is -0.493. The molecule has 4 rings (SSSR count). The van der Waals surface area contributed by atoms with E-state index in [9.17, 15) is 4.79 Å². The molecular formula is C21H14Cl3N5OS. The molecule has 1 aromatic heterocycles. The van der Waals surface area contributed by atoms with E-state index in [2.05, 4.69) is 20.8 Å². The first-order valence-electron chi connectivity index (χ1n) is 9.01. The maximum atomic E-state index is 12.5. The molecule has 156 valence electrons. The summed E-state index contributed by atoms with van der Waals surface area (Å²) in [6.07, 6.45) is 0. The van der Waals surface area contributed by atoms with E-state index in [4.69, 9.17) is 47.0 Å². The van der Waals surface area contributed by atoms with Gasteiger partial charge in [-0.3, -0.25) is 10.1 Å². The Morgan fingerprint density at radius 3 is 2.32 bits per heavy atom. The monoisotopic (exact) mass is 489 g/mol. The number of aromatic nitrogens is 3. The van der Waals surface area contributed by atoms with Crippen molar-refractivity contribution in [2.45, 2.75) is 6.92 Å². The number of carbonyl (C=O) groups excluding carboxylic acids is 1. The topological polar surface area (TPSA) is 71.8 Å². The Kier molecular flexibility index (Phi) is 6.11. The number of aryl methyl sites for hydroxylation is 1. The maximum absolute atomic E-state index is 12.5. The van der Waals surface area contributed by atoms with Crippen molar-refractivity contribution in [1.82, 2.24) is 20.3 Å². The highest BCUT2D eigenvalue weighted by atomic mass is 35.5. The number of benzene rings is 3. The Labute approximate surface area is 198 Å². The minimum Gasteiger partial charge on any atom is -0.331 e. The van der Waals surface area contributed by atoms with Crippen molar-refractivity contribution in [3.63, 3.8) is 0 Å². The van der Waals surface area contributed by atoms with E-state index in [-0.39, 0.29) is 15.7 Å². The predicted octanol–water partition coefficient (Wildman–Crippen LogP) is 5.82. The lowest BCUT2D eigenvalue weighted by atomic mass is 10.2. The zero-order valence-corrected chi connectivity index (χ0v) is 19.1. The van der Waals surface area contributed by atoms with Gasteiger partial charge in [0.15, 0.2) is 5.11 Å². The Morgan fingerprint density at radius 2 is 1.61 bits per heavy atom. The van der Waals surface area contributed by atoms with Crippen LogP contribution in [0.2, 0.25) is 15.1 Å². The highest BCUT2D eigenvalue weighted by molar-refractivity contribution is 7.80. The van der Waals surface area contributed by atoms with E-state index in [1.807, 2.05) is 31.2 Å². The molecule has 0 aliphatic rings. The molecule has 4 aromatic rings. The number of anilines is 1. The normalized spacial score (nSPS) is 10.8. The molecule has 0 fully saturated rings. The third-order valence-electron chi connectivity index (χ3n) is 4.38. The average molecular weight is 491 g/mol. The number of nitrogens with one attached hydrogen (secondary N) is 2. The summed E-state index contributed by atoms with van der Waals surface area (Å²) in [5.74, 6) is -0.493. The molecule has 0 radical (unpaired) electrons. The summed E-state index contributed by atoms with van der Waals surface area (Å²) in [6.45, 7) is 2.01. The summed E-state index contributed by atoms with van der Waals surface area (Å²) in [7, 11) is 0. The van der Waals surface area contributed by atoms with Crippen LogP contribution in [0.1, 0.15) is 15.9 Å². The molecule has 1 heterocycles. The van der Waals surface area contributed by atoms with Crippen molar-refractivity contribution < 1.29 is 4.79 Å². The van der Waals surface area contributed by atoms with E-state index in [1.165, 1.54) is 16.9 Å². The van der Waals surface area contributed by atoms with Gasteiger partial charge in [-0.05, 0) is 61.6 Å². The highest BCUT2D eigenvalue weighted by Crippen LogP contribution is 2.27. The highest BCUT2D eigenvalue weighted by Gasteiger charge is 2.15. The van der Waals surface area contributed by atoms with Crippen molar-refractivity contribution in [1.29, 1.82) is 0 Å². The third kappa shape index (κ3) is 4.80. The summed E-state index contributed by atoms with van der Waals surface area (Å²) in [5, 5.41) is 15.5. The summed E-state index contributed by atoms with van der Waals surface area (Å²) in [4.78, 5) is 14.0. The fourth-order valence-electron chi connectivity index (χ4n) is 2.82. The van der Waals surface area contributed by atoms with E-state index in [1.54, 1.807) is 18.2 Å². The van der Waals surface area contributed by atoms with Gasteiger partial charge in [0.1, 0.15) is 11.0 Å². The molecule has 0 atom stereocenters. The fourth-order valence-corrected chi connectivity index (χ4v) is 3.61. The number of amides is 1. The Balaban J connectivity index is 1.54. The van der Waals surface area contributed by atoms with Crippen molar-refractivity contribution in [2.24, 2.45) is 0 Å². The van der Waals surface area contributed by atoms with E-state index in [0.717, 1.165) is 11.3 Å². The van der Waals surface area contributed by atoms with Crippen LogP contribution in [0.3, 0.4) is 0 Å². The first kappa shape index (κ1) is 21.5. The lowest BCUT2D eigenvalue weighted by Crippen LogP contribution is -2.34. The summed E-state index contributed by atoms with van der Waals surface area (Å²) in [6, 6.07) is 15.8. The molecule has 3 aromatic carbocycles. The zero-order chi connectivity index (χ0) is 22.1. The van der Waals surface area contributed by atoms with Crippen molar-refractivity contribution in [3.8, 4) is 5.69 Å². The molecule has 0 saturated carbocycles.